The predicted octanol–water partition coefficient (Wildman–Crippen LogP) is 4.33. The fourth-order valence-corrected chi connectivity index (χ4v) is 3.46. The van der Waals surface area contributed by atoms with Gasteiger partial charge in [-0.3, -0.25) is 9.71 Å². The lowest BCUT2D eigenvalue weighted by Crippen LogP contribution is -2.13. The van der Waals surface area contributed by atoms with E-state index in [1.165, 1.54) is 18.3 Å². The molecule has 0 fully saturated rings. The number of aryl methyl sites for hydroxylation is 1. The van der Waals surface area contributed by atoms with E-state index in [1.807, 2.05) is 19.9 Å². The van der Waals surface area contributed by atoms with Gasteiger partial charge in [0.05, 0.1) is 23.8 Å². The maximum atomic E-state index is 14.7. The third kappa shape index (κ3) is 5.10. The first-order valence-corrected chi connectivity index (χ1v) is 11.2. The normalized spacial score (nSPS) is 11.4. The maximum absolute atomic E-state index is 14.7. The Kier molecular flexibility index (Phi) is 6.31. The van der Waals surface area contributed by atoms with E-state index in [2.05, 4.69) is 20.0 Å². The molecule has 2 aromatic heterocycles. The molecule has 1 aromatic carbocycles. The van der Waals surface area contributed by atoms with E-state index in [0.29, 0.717) is 16.9 Å². The first kappa shape index (κ1) is 21.6. The molecule has 3 aromatic rings. The summed E-state index contributed by atoms with van der Waals surface area (Å²) in [5, 5.41) is 3.04. The molecule has 0 aliphatic rings. The number of anilines is 3. The van der Waals surface area contributed by atoms with E-state index in [4.69, 9.17) is 0 Å². The van der Waals surface area contributed by atoms with Gasteiger partial charge in [0.25, 0.3) is 0 Å². The minimum absolute atomic E-state index is 0.165. The highest BCUT2D eigenvalue weighted by Crippen LogP contribution is 2.27. The second kappa shape index (κ2) is 8.74. The van der Waals surface area contributed by atoms with Crippen molar-refractivity contribution >= 4 is 27.2 Å². The summed E-state index contributed by atoms with van der Waals surface area (Å²) in [6.07, 6.45) is 6.34. The third-order valence-electron chi connectivity index (χ3n) is 4.66. The maximum Gasteiger partial charge on any atom is 0.231 e. The van der Waals surface area contributed by atoms with E-state index < -0.39 is 15.8 Å². The fourth-order valence-electron chi connectivity index (χ4n) is 2.97. The lowest BCUT2D eigenvalue weighted by atomic mass is 10.0. The van der Waals surface area contributed by atoms with E-state index in [0.717, 1.165) is 23.8 Å². The van der Waals surface area contributed by atoms with E-state index in [-0.39, 0.29) is 23.6 Å². The van der Waals surface area contributed by atoms with Crippen LogP contribution in [0, 0.1) is 18.6 Å². The minimum atomic E-state index is -3.66. The van der Waals surface area contributed by atoms with Gasteiger partial charge in [-0.2, -0.15) is 0 Å². The van der Waals surface area contributed by atoms with Crippen LogP contribution in [-0.4, -0.2) is 24.6 Å². The summed E-state index contributed by atoms with van der Waals surface area (Å²) in [6, 6.07) is 6.48. The number of halogens is 2. The van der Waals surface area contributed by atoms with Crippen molar-refractivity contribution in [2.75, 3.05) is 16.3 Å². The number of nitrogens with zero attached hydrogens (tertiary/aromatic N) is 2. The summed E-state index contributed by atoms with van der Waals surface area (Å²) in [7, 11) is -3.66. The number of aromatic nitrogens is 2. The number of sulfonamides is 1. The van der Waals surface area contributed by atoms with Crippen LogP contribution < -0.4 is 10.0 Å². The number of hydrogen-bond donors (Lipinski definition) is 2. The largest absolute Gasteiger partial charge is 0.352 e. The molecule has 0 aliphatic heterocycles. The first-order chi connectivity index (χ1) is 14.2. The fraction of sp³-hybridized carbons (Fsp3) is 0.238. The van der Waals surface area contributed by atoms with Crippen LogP contribution in [0.25, 0.3) is 0 Å². The lowest BCUT2D eigenvalue weighted by Gasteiger charge is -2.15. The number of hydrogen-bond acceptors (Lipinski definition) is 5. The van der Waals surface area contributed by atoms with Crippen LogP contribution in [0.3, 0.4) is 0 Å². The highest BCUT2D eigenvalue weighted by atomic mass is 32.2. The van der Waals surface area contributed by atoms with E-state index >= 15 is 0 Å². The topological polar surface area (TPSA) is 84.0 Å². The zero-order chi connectivity index (χ0) is 21.9. The Morgan fingerprint density at radius 2 is 1.83 bits per heavy atom. The molecule has 0 radical (unpaired) electrons. The second-order valence-corrected chi connectivity index (χ2v) is 8.70. The zero-order valence-corrected chi connectivity index (χ0v) is 17.6. The van der Waals surface area contributed by atoms with Crippen LogP contribution in [0.4, 0.5) is 26.0 Å². The van der Waals surface area contributed by atoms with Crippen molar-refractivity contribution in [2.45, 2.75) is 26.7 Å². The summed E-state index contributed by atoms with van der Waals surface area (Å²) in [5.41, 5.74) is 3.56. The Hall–Kier alpha value is -3.07. The highest BCUT2D eigenvalue weighted by molar-refractivity contribution is 7.92. The molecule has 2 heterocycles. The standard InChI is InChI=1S/C21H22F2N4O2S/c1-4-14-5-6-18(17(22)9-14)26-19-12-24-11-16(13(19)2)10-15-7-8-25-21(20(15)23)27-30(3,28)29/h5-9,11-12,26H,4,10H2,1-3H3,(H,25,27). The summed E-state index contributed by atoms with van der Waals surface area (Å²) in [5.74, 6) is -1.47. The number of pyridine rings is 2. The minimum Gasteiger partial charge on any atom is -0.352 e. The number of nitrogens with one attached hydrogen (secondary N) is 2. The van der Waals surface area contributed by atoms with Crippen molar-refractivity contribution < 1.29 is 17.2 Å². The molecule has 0 atom stereocenters. The Bertz CT molecular complexity index is 1180. The molecule has 0 bridgehead atoms. The Labute approximate surface area is 174 Å². The zero-order valence-electron chi connectivity index (χ0n) is 16.8. The van der Waals surface area contributed by atoms with Gasteiger partial charge in [-0.05, 0) is 53.8 Å². The Morgan fingerprint density at radius 1 is 1.07 bits per heavy atom. The van der Waals surface area contributed by atoms with Gasteiger partial charge < -0.3 is 5.32 Å². The van der Waals surface area contributed by atoms with Gasteiger partial charge in [0.1, 0.15) is 5.82 Å². The van der Waals surface area contributed by atoms with E-state index in [1.54, 1.807) is 18.5 Å². The lowest BCUT2D eigenvalue weighted by molar-refractivity contribution is 0.599. The SMILES string of the molecule is CCc1ccc(Nc2cncc(Cc3ccnc(NS(C)(=O)=O)c3F)c2C)c(F)c1. The molecular weight excluding hydrogens is 410 g/mol. The molecular formula is C21H22F2N4O2S. The molecule has 9 heteroatoms. The van der Waals surface area contributed by atoms with Crippen molar-refractivity contribution in [1.82, 2.24) is 9.97 Å². The average molecular weight is 432 g/mol. The summed E-state index contributed by atoms with van der Waals surface area (Å²) >= 11 is 0. The molecule has 158 valence electrons. The molecule has 30 heavy (non-hydrogen) atoms. The molecule has 0 saturated carbocycles. The van der Waals surface area contributed by atoms with Crippen LogP contribution in [0.1, 0.15) is 29.2 Å². The summed E-state index contributed by atoms with van der Waals surface area (Å²) < 4.78 is 53.9. The van der Waals surface area contributed by atoms with Crippen molar-refractivity contribution in [3.8, 4) is 0 Å². The van der Waals surface area contributed by atoms with Gasteiger partial charge in [-0.1, -0.05) is 13.0 Å². The Morgan fingerprint density at radius 3 is 2.50 bits per heavy atom. The molecule has 0 spiro atoms. The summed E-state index contributed by atoms with van der Waals surface area (Å²) in [6.45, 7) is 3.78. The average Bonchev–Trinajstić information content (AvgIpc) is 2.68. The van der Waals surface area contributed by atoms with E-state index in [9.17, 15) is 17.2 Å². The quantitative estimate of drug-likeness (QED) is 0.581. The van der Waals surface area contributed by atoms with Crippen molar-refractivity contribution in [3.63, 3.8) is 0 Å². The van der Waals surface area contributed by atoms with Crippen LogP contribution in [0.2, 0.25) is 0 Å². The van der Waals surface area contributed by atoms with Crippen molar-refractivity contribution in [3.05, 3.63) is 76.7 Å². The molecule has 0 saturated heterocycles. The van der Waals surface area contributed by atoms with Crippen LogP contribution in [0.5, 0.6) is 0 Å². The van der Waals surface area contributed by atoms with Crippen molar-refractivity contribution in [1.29, 1.82) is 0 Å². The van der Waals surface area contributed by atoms with Gasteiger partial charge in [0, 0.05) is 18.8 Å². The van der Waals surface area contributed by atoms with Crippen LogP contribution in [0.15, 0.2) is 42.9 Å². The van der Waals surface area contributed by atoms with Gasteiger partial charge in [0.15, 0.2) is 11.6 Å². The highest BCUT2D eigenvalue weighted by Gasteiger charge is 2.15. The van der Waals surface area contributed by atoms with Gasteiger partial charge in [-0.15, -0.1) is 0 Å². The number of benzene rings is 1. The number of rotatable bonds is 7. The predicted molar refractivity (Wildman–Crippen MR) is 114 cm³/mol. The van der Waals surface area contributed by atoms with Gasteiger partial charge >= 0.3 is 0 Å². The molecule has 0 unspecified atom stereocenters. The summed E-state index contributed by atoms with van der Waals surface area (Å²) in [4.78, 5) is 7.93. The van der Waals surface area contributed by atoms with Gasteiger partial charge in [0.2, 0.25) is 10.0 Å². The van der Waals surface area contributed by atoms with Crippen molar-refractivity contribution in [2.24, 2.45) is 0 Å². The second-order valence-electron chi connectivity index (χ2n) is 6.95. The molecule has 0 amide bonds. The molecule has 2 N–H and O–H groups in total. The van der Waals surface area contributed by atoms with Crippen LogP contribution in [-0.2, 0) is 22.9 Å². The van der Waals surface area contributed by atoms with Crippen LogP contribution >= 0.6 is 0 Å². The third-order valence-corrected chi connectivity index (χ3v) is 5.23. The Balaban J connectivity index is 1.88. The smallest absolute Gasteiger partial charge is 0.231 e. The monoisotopic (exact) mass is 432 g/mol. The molecule has 0 aliphatic carbocycles. The molecule has 3 rings (SSSR count). The van der Waals surface area contributed by atoms with Gasteiger partial charge in [-0.25, -0.2) is 22.2 Å². The molecule has 6 nitrogen and oxygen atoms in total. The first-order valence-electron chi connectivity index (χ1n) is 9.28.